The van der Waals surface area contributed by atoms with Gasteiger partial charge >= 0.3 is 6.03 Å². The Kier molecular flexibility index (Phi) is 5.79. The Morgan fingerprint density at radius 3 is 2.42 bits per heavy atom. The Bertz CT molecular complexity index is 1550. The number of nitrogens with one attached hydrogen (secondary N) is 2. The fourth-order valence-electron chi connectivity index (χ4n) is 5.57. The van der Waals surface area contributed by atoms with Crippen molar-refractivity contribution in [2.75, 3.05) is 11.4 Å². The zero-order chi connectivity index (χ0) is 26.6. The molecule has 0 aliphatic carbocycles. The van der Waals surface area contributed by atoms with Crippen molar-refractivity contribution in [2.24, 2.45) is 5.92 Å². The van der Waals surface area contributed by atoms with Crippen molar-refractivity contribution in [3.8, 4) is 0 Å². The van der Waals surface area contributed by atoms with Crippen molar-refractivity contribution in [1.82, 2.24) is 15.2 Å². The van der Waals surface area contributed by atoms with Crippen LogP contribution in [0.15, 0.2) is 72.8 Å². The number of H-pyrrole nitrogens is 1. The quantitative estimate of drug-likeness (QED) is 0.358. The molecule has 0 spiro atoms. The van der Waals surface area contributed by atoms with Crippen molar-refractivity contribution in [2.45, 2.75) is 39.3 Å². The number of aromatic amines is 1. The second-order valence-corrected chi connectivity index (χ2v) is 10.6. The third-order valence-corrected chi connectivity index (χ3v) is 7.50. The number of amides is 4. The first-order valence-corrected chi connectivity index (χ1v) is 13.0. The summed E-state index contributed by atoms with van der Waals surface area (Å²) in [6.45, 7) is 6.67. The molecule has 2 aliphatic heterocycles. The van der Waals surface area contributed by atoms with Crippen molar-refractivity contribution in [1.29, 1.82) is 0 Å². The van der Waals surface area contributed by atoms with Gasteiger partial charge in [-0.25, -0.2) is 9.69 Å². The molecule has 1 aromatic heterocycles. The van der Waals surface area contributed by atoms with E-state index in [9.17, 15) is 14.4 Å². The summed E-state index contributed by atoms with van der Waals surface area (Å²) in [7, 11) is 0. The molecule has 192 valence electrons. The number of nitrogens with zero attached hydrogens (tertiary/aromatic N) is 2. The van der Waals surface area contributed by atoms with Crippen molar-refractivity contribution in [3.05, 3.63) is 101 Å². The zero-order valence-electron chi connectivity index (χ0n) is 21.7. The van der Waals surface area contributed by atoms with Gasteiger partial charge in [-0.15, -0.1) is 0 Å². The maximum atomic E-state index is 14.0. The van der Waals surface area contributed by atoms with Gasteiger partial charge in [-0.2, -0.15) is 0 Å². The Morgan fingerprint density at radius 2 is 1.71 bits per heavy atom. The summed E-state index contributed by atoms with van der Waals surface area (Å²) in [5, 5.41) is 3.98. The van der Waals surface area contributed by atoms with E-state index in [4.69, 9.17) is 0 Å². The summed E-state index contributed by atoms with van der Waals surface area (Å²) in [5.74, 6) is -0.0831. The predicted molar refractivity (Wildman–Crippen MR) is 147 cm³/mol. The minimum Gasteiger partial charge on any atom is -0.356 e. The lowest BCUT2D eigenvalue weighted by Crippen LogP contribution is -2.44. The smallest absolute Gasteiger partial charge is 0.332 e. The highest BCUT2D eigenvalue weighted by Gasteiger charge is 2.53. The fourth-order valence-corrected chi connectivity index (χ4v) is 5.57. The molecule has 0 bridgehead atoms. The van der Waals surface area contributed by atoms with Crippen LogP contribution in [0.1, 0.15) is 52.6 Å². The van der Waals surface area contributed by atoms with Crippen LogP contribution in [0.2, 0.25) is 0 Å². The molecule has 1 fully saturated rings. The Balaban J connectivity index is 1.38. The van der Waals surface area contributed by atoms with Gasteiger partial charge in [-0.1, -0.05) is 61.9 Å². The topological polar surface area (TPSA) is 85.5 Å². The van der Waals surface area contributed by atoms with Crippen LogP contribution >= 0.6 is 0 Å². The minimum absolute atomic E-state index is 0.174. The minimum atomic E-state index is -0.616. The summed E-state index contributed by atoms with van der Waals surface area (Å²) >= 11 is 0. The molecule has 4 aromatic rings. The summed E-state index contributed by atoms with van der Waals surface area (Å²) < 4.78 is 0. The van der Waals surface area contributed by atoms with E-state index in [2.05, 4.69) is 16.4 Å². The summed E-state index contributed by atoms with van der Waals surface area (Å²) in [4.78, 5) is 46.8. The number of aryl methyl sites for hydroxylation is 1. The molecule has 3 heterocycles. The molecule has 2 atom stereocenters. The van der Waals surface area contributed by atoms with Crippen LogP contribution in [0.4, 0.5) is 10.5 Å². The van der Waals surface area contributed by atoms with Gasteiger partial charge in [0.05, 0.1) is 5.69 Å². The van der Waals surface area contributed by atoms with E-state index in [0.717, 1.165) is 33.3 Å². The van der Waals surface area contributed by atoms with Crippen LogP contribution in [0, 0.1) is 12.8 Å². The SMILES string of the molecule is Cc1ccc([C@H]2c3[nH]c4ccccc4c3C[C@H]3C(=O)N(c4ccc(C(=O)NCC(C)C)cc4)C(=O)N23)cc1. The third kappa shape index (κ3) is 3.86. The van der Waals surface area contributed by atoms with Crippen LogP contribution in [0.25, 0.3) is 10.9 Å². The Morgan fingerprint density at radius 1 is 1.00 bits per heavy atom. The second kappa shape index (κ2) is 9.17. The molecule has 2 aliphatic rings. The molecule has 6 rings (SSSR count). The molecule has 1 saturated heterocycles. The zero-order valence-corrected chi connectivity index (χ0v) is 21.7. The molecule has 3 aromatic carbocycles. The first-order chi connectivity index (χ1) is 18.3. The number of anilines is 1. The van der Waals surface area contributed by atoms with E-state index in [1.807, 2.05) is 63.2 Å². The number of hydrogen-bond acceptors (Lipinski definition) is 3. The molecular weight excluding hydrogens is 476 g/mol. The van der Waals surface area contributed by atoms with E-state index in [-0.39, 0.29) is 17.8 Å². The molecule has 7 heteroatoms. The maximum absolute atomic E-state index is 14.0. The Labute approximate surface area is 221 Å². The molecule has 0 radical (unpaired) electrons. The van der Waals surface area contributed by atoms with E-state index < -0.39 is 12.1 Å². The lowest BCUT2D eigenvalue weighted by atomic mass is 9.88. The predicted octanol–water partition coefficient (Wildman–Crippen LogP) is 5.35. The molecule has 38 heavy (non-hydrogen) atoms. The van der Waals surface area contributed by atoms with Crippen molar-refractivity contribution >= 4 is 34.4 Å². The standard InChI is InChI=1S/C31H30N4O3/c1-18(2)17-32-29(36)21-12-14-22(15-13-21)34-30(37)26-16-24-23-6-4-5-7-25(23)33-27(24)28(35(26)31(34)38)20-10-8-19(3)9-11-20/h4-15,18,26,28,33H,16-17H2,1-3H3,(H,32,36)/t26-,28-/m0/s1. The molecule has 0 unspecified atom stereocenters. The van der Waals surface area contributed by atoms with Crippen LogP contribution in [0.3, 0.4) is 0 Å². The first kappa shape index (κ1) is 24.0. The highest BCUT2D eigenvalue weighted by atomic mass is 16.2. The van der Waals surface area contributed by atoms with Gasteiger partial charge < -0.3 is 10.3 Å². The number of aromatic nitrogens is 1. The third-order valence-electron chi connectivity index (χ3n) is 7.50. The monoisotopic (exact) mass is 506 g/mol. The van der Waals surface area contributed by atoms with E-state index in [1.165, 1.54) is 4.90 Å². The van der Waals surface area contributed by atoms with Gasteiger partial charge in [-0.05, 0) is 54.3 Å². The average molecular weight is 507 g/mol. The number of hydrogen-bond donors (Lipinski definition) is 2. The van der Waals surface area contributed by atoms with Crippen LogP contribution < -0.4 is 10.2 Å². The van der Waals surface area contributed by atoms with Crippen LogP contribution in [-0.4, -0.2) is 40.3 Å². The fraction of sp³-hybridized carbons (Fsp3) is 0.258. The molecule has 7 nitrogen and oxygen atoms in total. The number of carbonyl (C=O) groups excluding carboxylic acids is 3. The van der Waals surface area contributed by atoms with E-state index in [1.54, 1.807) is 29.2 Å². The largest absolute Gasteiger partial charge is 0.356 e. The van der Waals surface area contributed by atoms with Gasteiger partial charge in [0.1, 0.15) is 12.1 Å². The van der Waals surface area contributed by atoms with E-state index in [0.29, 0.717) is 30.1 Å². The molecule has 0 saturated carbocycles. The average Bonchev–Trinajstić information content (AvgIpc) is 3.41. The Hall–Kier alpha value is -4.39. The molecular formula is C31H30N4O3. The number of imide groups is 1. The van der Waals surface area contributed by atoms with E-state index >= 15 is 0 Å². The first-order valence-electron chi connectivity index (χ1n) is 13.0. The highest BCUT2D eigenvalue weighted by molar-refractivity contribution is 6.22. The lowest BCUT2D eigenvalue weighted by molar-refractivity contribution is -0.120. The van der Waals surface area contributed by atoms with Crippen molar-refractivity contribution < 1.29 is 14.4 Å². The van der Waals surface area contributed by atoms with Gasteiger partial charge in [0.15, 0.2) is 0 Å². The number of rotatable bonds is 5. The number of urea groups is 1. The molecule has 4 amide bonds. The van der Waals surface area contributed by atoms with Gasteiger partial charge in [-0.3, -0.25) is 14.5 Å². The molecule has 2 N–H and O–H groups in total. The summed E-state index contributed by atoms with van der Waals surface area (Å²) in [6.07, 6.45) is 0.443. The number of benzene rings is 3. The summed E-state index contributed by atoms with van der Waals surface area (Å²) in [5.41, 5.74) is 6.06. The van der Waals surface area contributed by atoms with Gasteiger partial charge in [0.2, 0.25) is 0 Å². The second-order valence-electron chi connectivity index (χ2n) is 10.6. The highest BCUT2D eigenvalue weighted by Crippen LogP contribution is 2.44. The lowest BCUT2D eigenvalue weighted by Gasteiger charge is -2.36. The van der Waals surface area contributed by atoms with Crippen molar-refractivity contribution in [3.63, 3.8) is 0 Å². The normalized spacial score (nSPS) is 18.7. The van der Waals surface area contributed by atoms with Crippen LogP contribution in [-0.2, 0) is 11.2 Å². The number of fused-ring (bicyclic) bond motifs is 4. The number of carbonyl (C=O) groups is 3. The van der Waals surface area contributed by atoms with Gasteiger partial charge in [0, 0.05) is 35.1 Å². The maximum Gasteiger partial charge on any atom is 0.332 e. The van der Waals surface area contributed by atoms with Crippen LogP contribution in [0.5, 0.6) is 0 Å². The summed E-state index contributed by atoms with van der Waals surface area (Å²) in [6, 6.07) is 21.5. The number of para-hydroxylation sites is 1. The van der Waals surface area contributed by atoms with Gasteiger partial charge in [0.25, 0.3) is 11.8 Å².